The van der Waals surface area contributed by atoms with Gasteiger partial charge >= 0.3 is 5.51 Å². The Balaban J connectivity index is 1.76. The molecule has 0 bridgehead atoms. The van der Waals surface area contributed by atoms with Gasteiger partial charge in [0.25, 0.3) is 5.91 Å². The summed E-state index contributed by atoms with van der Waals surface area (Å²) in [5.74, 6) is 0.500. The molecule has 1 amide bonds. The molecular weight excluding hydrogens is 391 g/mol. The minimum atomic E-state index is -4.42. The molecule has 0 unspecified atom stereocenters. The summed E-state index contributed by atoms with van der Waals surface area (Å²) in [6.45, 7) is 1.86. The zero-order valence-electron chi connectivity index (χ0n) is 14.8. The SMILES string of the molecule is CCc1cc(SC(F)(F)F)cc(C(=O)NCc2ncnn2-c2ccccn2)c1. The number of nitrogens with zero attached hydrogens (tertiary/aromatic N) is 4. The van der Waals surface area contributed by atoms with Crippen molar-refractivity contribution in [1.82, 2.24) is 25.1 Å². The van der Waals surface area contributed by atoms with E-state index in [9.17, 15) is 18.0 Å². The van der Waals surface area contributed by atoms with Crippen LogP contribution in [-0.2, 0) is 13.0 Å². The third kappa shape index (κ3) is 5.10. The van der Waals surface area contributed by atoms with E-state index in [2.05, 4.69) is 20.4 Å². The number of carbonyl (C=O) groups excluding carboxylic acids is 1. The molecule has 3 rings (SSSR count). The van der Waals surface area contributed by atoms with Gasteiger partial charge in [-0.2, -0.15) is 23.0 Å². The number of aromatic nitrogens is 4. The van der Waals surface area contributed by atoms with Crippen LogP contribution in [0.15, 0.2) is 53.8 Å². The van der Waals surface area contributed by atoms with Gasteiger partial charge in [-0.3, -0.25) is 4.79 Å². The van der Waals surface area contributed by atoms with Gasteiger partial charge in [-0.05, 0) is 54.1 Å². The van der Waals surface area contributed by atoms with Crippen molar-refractivity contribution in [3.05, 3.63) is 65.9 Å². The van der Waals surface area contributed by atoms with Gasteiger partial charge in [0, 0.05) is 16.7 Å². The third-order valence-electron chi connectivity index (χ3n) is 3.76. The lowest BCUT2D eigenvalue weighted by Crippen LogP contribution is -2.25. The summed E-state index contributed by atoms with van der Waals surface area (Å²) < 4.78 is 39.5. The molecule has 0 saturated carbocycles. The highest BCUT2D eigenvalue weighted by atomic mass is 32.2. The monoisotopic (exact) mass is 407 g/mol. The third-order valence-corrected chi connectivity index (χ3v) is 4.46. The number of aryl methyl sites for hydroxylation is 1. The predicted octanol–water partition coefficient (Wildman–Crippen LogP) is 3.77. The normalized spacial score (nSPS) is 11.4. The van der Waals surface area contributed by atoms with E-state index in [0.29, 0.717) is 23.6 Å². The molecule has 0 aliphatic rings. The molecule has 0 saturated heterocycles. The number of alkyl halides is 3. The van der Waals surface area contributed by atoms with Gasteiger partial charge in [0.2, 0.25) is 0 Å². The first-order valence-corrected chi connectivity index (χ1v) is 9.15. The summed E-state index contributed by atoms with van der Waals surface area (Å²) in [4.78, 5) is 20.8. The summed E-state index contributed by atoms with van der Waals surface area (Å²) in [5, 5.41) is 6.75. The van der Waals surface area contributed by atoms with Crippen LogP contribution < -0.4 is 5.32 Å². The van der Waals surface area contributed by atoms with E-state index >= 15 is 0 Å². The van der Waals surface area contributed by atoms with Crippen molar-refractivity contribution in [2.45, 2.75) is 30.3 Å². The van der Waals surface area contributed by atoms with Crippen molar-refractivity contribution in [3.8, 4) is 5.82 Å². The minimum absolute atomic E-state index is 0.0198. The standard InChI is InChI=1S/C18H16F3N5OS/c1-2-12-7-13(9-14(8-12)28-18(19,20)21)17(27)23-10-16-24-11-25-26(16)15-5-3-4-6-22-15/h3-9,11H,2,10H2,1H3,(H,23,27). The van der Waals surface area contributed by atoms with Crippen molar-refractivity contribution < 1.29 is 18.0 Å². The number of halogens is 3. The quantitative estimate of drug-likeness (QED) is 0.630. The van der Waals surface area contributed by atoms with Crippen LogP contribution in [0.2, 0.25) is 0 Å². The van der Waals surface area contributed by atoms with Crippen LogP contribution in [0.1, 0.15) is 28.7 Å². The molecule has 0 radical (unpaired) electrons. The Labute approximate surface area is 163 Å². The van der Waals surface area contributed by atoms with Gasteiger partial charge in [-0.25, -0.2) is 9.97 Å². The van der Waals surface area contributed by atoms with Crippen LogP contribution in [0.25, 0.3) is 5.82 Å². The Hall–Kier alpha value is -2.88. The fraction of sp³-hybridized carbons (Fsp3) is 0.222. The highest BCUT2D eigenvalue weighted by molar-refractivity contribution is 8.00. The molecular formula is C18H16F3N5OS. The van der Waals surface area contributed by atoms with Crippen molar-refractivity contribution in [2.75, 3.05) is 0 Å². The van der Waals surface area contributed by atoms with Crippen molar-refractivity contribution in [3.63, 3.8) is 0 Å². The van der Waals surface area contributed by atoms with Crippen LogP contribution in [0.3, 0.4) is 0 Å². The number of thioether (sulfide) groups is 1. The summed E-state index contributed by atoms with van der Waals surface area (Å²) >= 11 is -0.237. The molecule has 0 spiro atoms. The van der Waals surface area contributed by atoms with Gasteiger partial charge in [-0.15, -0.1) is 0 Å². The summed E-state index contributed by atoms with van der Waals surface area (Å²) in [7, 11) is 0. The van der Waals surface area contributed by atoms with E-state index in [-0.39, 0.29) is 28.8 Å². The highest BCUT2D eigenvalue weighted by Gasteiger charge is 2.29. The van der Waals surface area contributed by atoms with Crippen LogP contribution in [-0.4, -0.2) is 31.2 Å². The van der Waals surface area contributed by atoms with Gasteiger partial charge in [0.15, 0.2) is 11.6 Å². The smallest absolute Gasteiger partial charge is 0.345 e. The zero-order valence-corrected chi connectivity index (χ0v) is 15.6. The topological polar surface area (TPSA) is 72.7 Å². The van der Waals surface area contributed by atoms with Gasteiger partial charge < -0.3 is 5.32 Å². The average molecular weight is 407 g/mol. The number of pyridine rings is 1. The van der Waals surface area contributed by atoms with Crippen molar-refractivity contribution >= 4 is 17.7 Å². The van der Waals surface area contributed by atoms with Gasteiger partial charge in [0.1, 0.15) is 6.33 Å². The fourth-order valence-electron chi connectivity index (χ4n) is 2.51. The van der Waals surface area contributed by atoms with Crippen LogP contribution in [0.5, 0.6) is 0 Å². The van der Waals surface area contributed by atoms with Crippen LogP contribution >= 0.6 is 11.8 Å². The maximum Gasteiger partial charge on any atom is 0.446 e. The first-order chi connectivity index (χ1) is 13.4. The van der Waals surface area contributed by atoms with E-state index < -0.39 is 11.4 Å². The first-order valence-electron chi connectivity index (χ1n) is 8.34. The Kier molecular flexibility index (Phi) is 5.98. The lowest BCUT2D eigenvalue weighted by atomic mass is 10.1. The number of hydrogen-bond donors (Lipinski definition) is 1. The second-order valence-electron chi connectivity index (χ2n) is 5.73. The largest absolute Gasteiger partial charge is 0.446 e. The minimum Gasteiger partial charge on any atom is -0.345 e. The van der Waals surface area contributed by atoms with E-state index in [0.717, 1.165) is 0 Å². The lowest BCUT2D eigenvalue weighted by Gasteiger charge is -2.11. The first kappa shape index (κ1) is 19.9. The molecule has 0 atom stereocenters. The second-order valence-corrected chi connectivity index (χ2v) is 6.86. The Morgan fingerprint density at radius 1 is 1.21 bits per heavy atom. The number of carbonyl (C=O) groups is 1. The highest BCUT2D eigenvalue weighted by Crippen LogP contribution is 2.37. The fourth-order valence-corrected chi connectivity index (χ4v) is 3.17. The van der Waals surface area contributed by atoms with Gasteiger partial charge in [0.05, 0.1) is 6.54 Å². The molecule has 146 valence electrons. The molecule has 2 aromatic heterocycles. The van der Waals surface area contributed by atoms with Crippen LogP contribution in [0, 0.1) is 0 Å². The maximum absolute atomic E-state index is 12.7. The Morgan fingerprint density at radius 2 is 2.04 bits per heavy atom. The molecule has 2 heterocycles. The zero-order chi connectivity index (χ0) is 20.1. The van der Waals surface area contributed by atoms with E-state index in [1.54, 1.807) is 30.5 Å². The van der Waals surface area contributed by atoms with E-state index in [4.69, 9.17) is 0 Å². The number of hydrogen-bond acceptors (Lipinski definition) is 5. The molecule has 1 N–H and O–H groups in total. The van der Waals surface area contributed by atoms with E-state index in [1.165, 1.54) is 23.1 Å². The number of rotatable bonds is 6. The molecule has 3 aromatic rings. The predicted molar refractivity (Wildman–Crippen MR) is 98.1 cm³/mol. The molecule has 1 aromatic carbocycles. The number of nitrogens with one attached hydrogen (secondary N) is 1. The molecule has 0 fully saturated rings. The molecule has 28 heavy (non-hydrogen) atoms. The summed E-state index contributed by atoms with van der Waals surface area (Å²) in [6, 6.07) is 9.55. The molecule has 6 nitrogen and oxygen atoms in total. The van der Waals surface area contributed by atoms with E-state index in [1.807, 2.05) is 6.92 Å². The van der Waals surface area contributed by atoms with Crippen molar-refractivity contribution in [2.24, 2.45) is 0 Å². The molecule has 10 heteroatoms. The lowest BCUT2D eigenvalue weighted by molar-refractivity contribution is -0.0328. The maximum atomic E-state index is 12.7. The van der Waals surface area contributed by atoms with Gasteiger partial charge in [-0.1, -0.05) is 13.0 Å². The van der Waals surface area contributed by atoms with Crippen molar-refractivity contribution in [1.29, 1.82) is 0 Å². The second kappa shape index (κ2) is 8.42. The molecule has 0 aliphatic carbocycles. The number of benzene rings is 1. The number of amides is 1. The average Bonchev–Trinajstić information content (AvgIpc) is 3.13. The molecule has 0 aliphatic heterocycles. The Bertz CT molecular complexity index is 959. The summed E-state index contributed by atoms with van der Waals surface area (Å²) in [5.41, 5.74) is -3.61. The summed E-state index contributed by atoms with van der Waals surface area (Å²) in [6.07, 6.45) is 3.46. The van der Waals surface area contributed by atoms with Crippen LogP contribution in [0.4, 0.5) is 13.2 Å². The Morgan fingerprint density at radius 3 is 2.71 bits per heavy atom.